The van der Waals surface area contributed by atoms with E-state index in [4.69, 9.17) is 10.00 Å². The molecule has 28 heavy (non-hydrogen) atoms. The Morgan fingerprint density at radius 1 is 1.14 bits per heavy atom. The zero-order valence-corrected chi connectivity index (χ0v) is 17.8. The van der Waals surface area contributed by atoms with Gasteiger partial charge in [0.1, 0.15) is 5.60 Å². The van der Waals surface area contributed by atoms with Gasteiger partial charge >= 0.3 is 6.09 Å². The maximum atomic E-state index is 12.2. The maximum Gasteiger partial charge on any atom is 0.408 e. The molecule has 0 saturated carbocycles. The summed E-state index contributed by atoms with van der Waals surface area (Å²) in [5.74, 6) is 0.640. The van der Waals surface area contributed by atoms with Crippen LogP contribution < -0.4 is 16.0 Å². The Morgan fingerprint density at radius 2 is 1.75 bits per heavy atom. The van der Waals surface area contributed by atoms with Crippen molar-refractivity contribution in [2.24, 2.45) is 4.99 Å². The Morgan fingerprint density at radius 3 is 2.21 bits per heavy atom. The first-order valence-electron chi connectivity index (χ1n) is 9.61. The number of carbonyl (C=O) groups excluding carboxylic acids is 1. The highest BCUT2D eigenvalue weighted by molar-refractivity contribution is 5.79. The van der Waals surface area contributed by atoms with Crippen LogP contribution in [0.25, 0.3) is 0 Å². The minimum Gasteiger partial charge on any atom is -0.444 e. The first-order chi connectivity index (χ1) is 13.2. The average molecular weight is 388 g/mol. The van der Waals surface area contributed by atoms with Gasteiger partial charge < -0.3 is 20.7 Å². The summed E-state index contributed by atoms with van der Waals surface area (Å²) in [5.41, 5.74) is 0.707. The van der Waals surface area contributed by atoms with E-state index in [9.17, 15) is 4.79 Å². The number of guanidine groups is 1. The van der Waals surface area contributed by atoms with Gasteiger partial charge in [-0.15, -0.1) is 0 Å². The SMILES string of the molecule is CCC(CC)(CNC(=NC)NCc1ccc(C#N)cc1)NC(=O)OC(C)(C)C. The Labute approximate surface area is 168 Å². The second kappa shape index (κ2) is 10.5. The van der Waals surface area contributed by atoms with Crippen LogP contribution in [-0.4, -0.2) is 36.8 Å². The van der Waals surface area contributed by atoms with Crippen LogP contribution >= 0.6 is 0 Å². The van der Waals surface area contributed by atoms with E-state index in [1.54, 1.807) is 19.2 Å². The predicted molar refractivity (Wildman–Crippen MR) is 112 cm³/mol. The molecule has 1 amide bonds. The Hall–Kier alpha value is -2.75. The van der Waals surface area contributed by atoms with Crippen LogP contribution in [0.3, 0.4) is 0 Å². The summed E-state index contributed by atoms with van der Waals surface area (Å²) in [4.78, 5) is 16.5. The highest BCUT2D eigenvalue weighted by atomic mass is 16.6. The number of rotatable bonds is 7. The van der Waals surface area contributed by atoms with Crippen LogP contribution in [0.1, 0.15) is 58.6 Å². The summed E-state index contributed by atoms with van der Waals surface area (Å²) in [6.07, 6.45) is 1.09. The molecule has 0 aliphatic carbocycles. The molecule has 1 aromatic rings. The maximum absolute atomic E-state index is 12.2. The molecule has 0 unspecified atom stereocenters. The monoisotopic (exact) mass is 387 g/mol. The number of hydrogen-bond donors (Lipinski definition) is 3. The third-order valence-electron chi connectivity index (χ3n) is 4.48. The number of benzene rings is 1. The van der Waals surface area contributed by atoms with Gasteiger partial charge in [-0.25, -0.2) is 4.79 Å². The first-order valence-corrected chi connectivity index (χ1v) is 9.61. The van der Waals surface area contributed by atoms with Crippen molar-refractivity contribution < 1.29 is 9.53 Å². The summed E-state index contributed by atoms with van der Waals surface area (Å²) in [6.45, 7) is 10.7. The molecule has 1 aromatic carbocycles. The van der Waals surface area contributed by atoms with Gasteiger partial charge in [0.2, 0.25) is 0 Å². The summed E-state index contributed by atoms with van der Waals surface area (Å²) in [6, 6.07) is 9.50. The van der Waals surface area contributed by atoms with Crippen LogP contribution in [-0.2, 0) is 11.3 Å². The molecule has 7 nitrogen and oxygen atoms in total. The Bertz CT molecular complexity index is 695. The van der Waals surface area contributed by atoms with Crippen molar-refractivity contribution in [1.29, 1.82) is 5.26 Å². The van der Waals surface area contributed by atoms with Gasteiger partial charge in [-0.05, 0) is 51.3 Å². The molecule has 1 rings (SSSR count). The molecule has 3 N–H and O–H groups in total. The van der Waals surface area contributed by atoms with Crippen molar-refractivity contribution in [3.05, 3.63) is 35.4 Å². The van der Waals surface area contributed by atoms with Gasteiger partial charge in [0.05, 0.1) is 17.2 Å². The lowest BCUT2D eigenvalue weighted by molar-refractivity contribution is 0.0448. The summed E-state index contributed by atoms with van der Waals surface area (Å²) in [5, 5.41) is 18.4. The lowest BCUT2D eigenvalue weighted by atomic mass is 9.93. The number of nitriles is 1. The van der Waals surface area contributed by atoms with Crippen LogP contribution in [0.2, 0.25) is 0 Å². The largest absolute Gasteiger partial charge is 0.444 e. The molecule has 0 radical (unpaired) electrons. The molecule has 0 heterocycles. The van der Waals surface area contributed by atoms with E-state index >= 15 is 0 Å². The standard InChI is InChI=1S/C21H33N5O2/c1-7-21(8-2,26-19(27)28-20(3,4)5)15-25-18(23-6)24-14-17-11-9-16(13-22)10-12-17/h9-12H,7-8,14-15H2,1-6H3,(H,26,27)(H2,23,24,25). The Kier molecular flexibility index (Phi) is 8.77. The van der Waals surface area contributed by atoms with E-state index < -0.39 is 17.2 Å². The van der Waals surface area contributed by atoms with Crippen LogP contribution in [0.5, 0.6) is 0 Å². The van der Waals surface area contributed by atoms with Gasteiger partial charge in [0, 0.05) is 20.1 Å². The molecule has 0 aromatic heterocycles. The minimum atomic E-state index is -0.538. The van der Waals surface area contributed by atoms with Crippen molar-refractivity contribution in [3.8, 4) is 6.07 Å². The molecule has 0 aliphatic rings. The van der Waals surface area contributed by atoms with Gasteiger partial charge in [-0.2, -0.15) is 5.26 Å². The number of carbonyl (C=O) groups is 1. The van der Waals surface area contributed by atoms with Crippen LogP contribution in [0.15, 0.2) is 29.3 Å². The average Bonchev–Trinajstić information content (AvgIpc) is 2.66. The van der Waals surface area contributed by atoms with E-state index in [0.29, 0.717) is 24.6 Å². The van der Waals surface area contributed by atoms with Crippen LogP contribution in [0, 0.1) is 11.3 Å². The van der Waals surface area contributed by atoms with Gasteiger partial charge in [0.25, 0.3) is 0 Å². The first kappa shape index (κ1) is 23.3. The normalized spacial score (nSPS) is 12.1. The highest BCUT2D eigenvalue weighted by Gasteiger charge is 2.30. The molecule has 0 fully saturated rings. The summed E-state index contributed by atoms with van der Waals surface area (Å²) < 4.78 is 5.41. The summed E-state index contributed by atoms with van der Waals surface area (Å²) >= 11 is 0. The molecule has 0 aliphatic heterocycles. The van der Waals surface area contributed by atoms with Crippen molar-refractivity contribution in [2.45, 2.75) is 65.1 Å². The lowest BCUT2D eigenvalue weighted by Gasteiger charge is -2.34. The minimum absolute atomic E-state index is 0.418. The fourth-order valence-electron chi connectivity index (χ4n) is 2.60. The number of hydrogen-bond acceptors (Lipinski definition) is 4. The quantitative estimate of drug-likeness (QED) is 0.492. The Balaban J connectivity index is 2.65. The molecule has 0 atom stereocenters. The molecule has 0 saturated heterocycles. The van der Waals surface area contributed by atoms with Crippen molar-refractivity contribution in [1.82, 2.24) is 16.0 Å². The van der Waals surface area contributed by atoms with Gasteiger partial charge in [0.15, 0.2) is 5.96 Å². The third-order valence-corrected chi connectivity index (χ3v) is 4.48. The number of nitrogens with zero attached hydrogens (tertiary/aromatic N) is 2. The molecule has 0 bridgehead atoms. The van der Waals surface area contributed by atoms with Crippen molar-refractivity contribution >= 4 is 12.1 Å². The van der Waals surface area contributed by atoms with E-state index in [-0.39, 0.29) is 0 Å². The van der Waals surface area contributed by atoms with E-state index in [2.05, 4.69) is 27.0 Å². The highest BCUT2D eigenvalue weighted by Crippen LogP contribution is 2.16. The number of ether oxygens (including phenoxy) is 1. The number of aliphatic imine (C=N–C) groups is 1. The fourth-order valence-corrected chi connectivity index (χ4v) is 2.60. The molecular weight excluding hydrogens is 354 g/mol. The van der Waals surface area contributed by atoms with Gasteiger partial charge in [-0.1, -0.05) is 26.0 Å². The fraction of sp³-hybridized carbons (Fsp3) is 0.571. The second-order valence-corrected chi connectivity index (χ2v) is 7.70. The van der Waals surface area contributed by atoms with E-state index in [1.165, 1.54) is 0 Å². The number of alkyl carbamates (subject to hydrolysis) is 1. The number of amides is 1. The summed E-state index contributed by atoms with van der Waals surface area (Å²) in [7, 11) is 1.70. The lowest BCUT2D eigenvalue weighted by Crippen LogP contribution is -2.57. The second-order valence-electron chi connectivity index (χ2n) is 7.70. The molecule has 0 spiro atoms. The smallest absolute Gasteiger partial charge is 0.408 e. The zero-order chi connectivity index (χ0) is 21.2. The van der Waals surface area contributed by atoms with E-state index in [0.717, 1.165) is 18.4 Å². The van der Waals surface area contributed by atoms with Gasteiger partial charge in [-0.3, -0.25) is 4.99 Å². The van der Waals surface area contributed by atoms with E-state index in [1.807, 2.05) is 46.8 Å². The molecule has 154 valence electrons. The molecule has 7 heteroatoms. The van der Waals surface area contributed by atoms with Crippen molar-refractivity contribution in [2.75, 3.05) is 13.6 Å². The topological polar surface area (TPSA) is 98.5 Å². The molecular formula is C21H33N5O2. The van der Waals surface area contributed by atoms with Crippen LogP contribution in [0.4, 0.5) is 4.79 Å². The third kappa shape index (κ3) is 7.87. The predicted octanol–water partition coefficient (Wildman–Crippen LogP) is 3.31. The van der Waals surface area contributed by atoms with Crippen molar-refractivity contribution in [3.63, 3.8) is 0 Å². The number of nitrogens with one attached hydrogen (secondary N) is 3. The zero-order valence-electron chi connectivity index (χ0n) is 17.8.